The van der Waals surface area contributed by atoms with E-state index in [0.29, 0.717) is 5.16 Å². The van der Waals surface area contributed by atoms with E-state index in [-0.39, 0.29) is 0 Å². The minimum atomic E-state index is 0.668. The van der Waals surface area contributed by atoms with Crippen LogP contribution in [0.4, 0.5) is 0 Å². The van der Waals surface area contributed by atoms with Crippen LogP contribution in [0, 0.1) is 0 Å². The van der Waals surface area contributed by atoms with Crippen molar-refractivity contribution in [3.63, 3.8) is 0 Å². The molecule has 0 bridgehead atoms. The van der Waals surface area contributed by atoms with E-state index >= 15 is 0 Å². The van der Waals surface area contributed by atoms with E-state index < -0.39 is 0 Å². The molecule has 4 nitrogen and oxygen atoms in total. The van der Waals surface area contributed by atoms with E-state index in [9.17, 15) is 0 Å². The van der Waals surface area contributed by atoms with Gasteiger partial charge in [0.2, 0.25) is 0 Å². The Kier molecular flexibility index (Phi) is 10.4. The summed E-state index contributed by atoms with van der Waals surface area (Å²) >= 11 is 4.08. The second kappa shape index (κ2) is 13.1. The van der Waals surface area contributed by atoms with Crippen LogP contribution in [0.1, 0.15) is 52.4 Å². The lowest BCUT2D eigenvalue weighted by Crippen LogP contribution is -1.98. The van der Waals surface area contributed by atoms with Crippen LogP contribution in [0.25, 0.3) is 11.0 Å². The Morgan fingerprint density at radius 3 is 1.82 bits per heavy atom. The fraction of sp³-hybridized carbons (Fsp3) is 0.435. The number of nitrogens with zero attached hydrogens (tertiary/aromatic N) is 1. The first-order valence-corrected chi connectivity index (χ1v) is 10.7. The average Bonchev–Trinajstić information content (AvgIpc) is 3.10. The number of aromatic nitrogens is 2. The first kappa shape index (κ1) is 22.2. The molecule has 3 rings (SSSR count). The minimum absolute atomic E-state index is 0.668. The molecule has 5 heteroatoms. The summed E-state index contributed by atoms with van der Waals surface area (Å²) in [4.78, 5) is 7.13. The molecule has 1 heterocycles. The first-order chi connectivity index (χ1) is 13.7. The lowest BCUT2D eigenvalue weighted by Gasteiger charge is -2.08. The molecular formula is C23H32N2O2S. The highest BCUT2D eigenvalue weighted by Crippen LogP contribution is 2.18. The molecule has 28 heavy (non-hydrogen) atoms. The second-order valence-electron chi connectivity index (χ2n) is 6.66. The first-order valence-electron chi connectivity index (χ1n) is 10.2. The summed E-state index contributed by atoms with van der Waals surface area (Å²) < 4.78 is 11.3. The molecule has 0 aliphatic carbocycles. The van der Waals surface area contributed by atoms with Crippen LogP contribution >= 0.6 is 12.6 Å². The highest BCUT2D eigenvalue weighted by Gasteiger charge is 1.97. The predicted molar refractivity (Wildman–Crippen MR) is 120 cm³/mol. The van der Waals surface area contributed by atoms with Gasteiger partial charge >= 0.3 is 0 Å². The van der Waals surface area contributed by atoms with Crippen LogP contribution in [-0.2, 0) is 0 Å². The summed E-state index contributed by atoms with van der Waals surface area (Å²) in [5, 5.41) is 0.668. The molecule has 0 saturated heterocycles. The minimum Gasteiger partial charge on any atom is -0.494 e. The number of thiol groups is 1. The number of rotatable bonds is 10. The van der Waals surface area contributed by atoms with Crippen molar-refractivity contribution in [1.29, 1.82) is 0 Å². The van der Waals surface area contributed by atoms with E-state index in [1.807, 2.05) is 48.5 Å². The molecular weight excluding hydrogens is 368 g/mol. The maximum Gasteiger partial charge on any atom is 0.163 e. The highest BCUT2D eigenvalue weighted by atomic mass is 32.1. The molecule has 0 aliphatic rings. The molecule has 0 spiro atoms. The SMILES string of the molecule is CCCCCOc1ccc(OCCCCC)cc1.Sc1nc2ccccc2[nH]1. The van der Waals surface area contributed by atoms with Gasteiger partial charge in [0, 0.05) is 0 Å². The molecule has 0 saturated carbocycles. The number of nitrogens with one attached hydrogen (secondary N) is 1. The average molecular weight is 401 g/mol. The number of benzene rings is 2. The van der Waals surface area contributed by atoms with Gasteiger partial charge in [-0.3, -0.25) is 0 Å². The number of H-pyrrole nitrogens is 1. The molecule has 0 aliphatic heterocycles. The molecule has 0 amide bonds. The zero-order chi connectivity index (χ0) is 20.0. The van der Waals surface area contributed by atoms with E-state index in [1.54, 1.807) is 0 Å². The molecule has 1 N–H and O–H groups in total. The number of para-hydroxylation sites is 2. The van der Waals surface area contributed by atoms with Gasteiger partial charge < -0.3 is 14.5 Å². The van der Waals surface area contributed by atoms with Gasteiger partial charge in [0.05, 0.1) is 24.2 Å². The summed E-state index contributed by atoms with van der Waals surface area (Å²) in [5.41, 5.74) is 2.00. The van der Waals surface area contributed by atoms with Gasteiger partial charge in [-0.25, -0.2) is 4.98 Å². The lowest BCUT2D eigenvalue weighted by atomic mass is 10.2. The lowest BCUT2D eigenvalue weighted by molar-refractivity contribution is 0.298. The molecule has 3 aromatic rings. The number of imidazole rings is 1. The zero-order valence-corrected chi connectivity index (χ0v) is 17.9. The predicted octanol–water partition coefficient (Wildman–Crippen LogP) is 6.68. The summed E-state index contributed by atoms with van der Waals surface area (Å²) in [6.45, 7) is 6.02. The summed E-state index contributed by atoms with van der Waals surface area (Å²) in [7, 11) is 0. The van der Waals surface area contributed by atoms with Crippen molar-refractivity contribution in [3.8, 4) is 11.5 Å². The van der Waals surface area contributed by atoms with Crippen LogP contribution in [0.2, 0.25) is 0 Å². The Morgan fingerprint density at radius 1 is 0.786 bits per heavy atom. The third kappa shape index (κ3) is 8.26. The Morgan fingerprint density at radius 2 is 1.32 bits per heavy atom. The van der Waals surface area contributed by atoms with Crippen molar-refractivity contribution in [1.82, 2.24) is 9.97 Å². The zero-order valence-electron chi connectivity index (χ0n) is 17.0. The van der Waals surface area contributed by atoms with Crippen molar-refractivity contribution in [2.45, 2.75) is 57.5 Å². The summed E-state index contributed by atoms with van der Waals surface area (Å²) in [6, 6.07) is 15.8. The monoisotopic (exact) mass is 400 g/mol. The smallest absolute Gasteiger partial charge is 0.163 e. The summed E-state index contributed by atoms with van der Waals surface area (Å²) in [6.07, 6.45) is 7.19. The molecule has 2 aromatic carbocycles. The van der Waals surface area contributed by atoms with Crippen molar-refractivity contribution in [2.75, 3.05) is 13.2 Å². The molecule has 0 atom stereocenters. The number of hydrogen-bond acceptors (Lipinski definition) is 4. The largest absolute Gasteiger partial charge is 0.494 e. The van der Waals surface area contributed by atoms with Crippen LogP contribution in [-0.4, -0.2) is 23.2 Å². The molecule has 0 unspecified atom stereocenters. The number of ether oxygens (including phenoxy) is 2. The van der Waals surface area contributed by atoms with Crippen LogP contribution in [0.5, 0.6) is 11.5 Å². The normalized spacial score (nSPS) is 10.4. The fourth-order valence-electron chi connectivity index (χ4n) is 2.66. The van der Waals surface area contributed by atoms with Gasteiger partial charge in [0.1, 0.15) is 11.5 Å². The van der Waals surface area contributed by atoms with Crippen molar-refractivity contribution in [2.24, 2.45) is 0 Å². The Bertz CT molecular complexity index is 723. The van der Waals surface area contributed by atoms with E-state index in [2.05, 4.69) is 36.4 Å². The van der Waals surface area contributed by atoms with Gasteiger partial charge in [0.25, 0.3) is 0 Å². The van der Waals surface area contributed by atoms with Gasteiger partial charge in [-0.15, -0.1) is 12.6 Å². The Balaban J connectivity index is 0.000000233. The second-order valence-corrected chi connectivity index (χ2v) is 7.08. The van der Waals surface area contributed by atoms with E-state index in [0.717, 1.165) is 48.6 Å². The van der Waals surface area contributed by atoms with E-state index in [1.165, 1.54) is 25.7 Å². The number of fused-ring (bicyclic) bond motifs is 1. The van der Waals surface area contributed by atoms with E-state index in [4.69, 9.17) is 9.47 Å². The summed E-state index contributed by atoms with van der Waals surface area (Å²) in [5.74, 6) is 1.87. The maximum absolute atomic E-state index is 5.65. The quantitative estimate of drug-likeness (QED) is 0.295. The number of aromatic amines is 1. The van der Waals surface area contributed by atoms with Crippen molar-refractivity contribution >= 4 is 23.7 Å². The molecule has 152 valence electrons. The Labute approximate surface area is 174 Å². The van der Waals surface area contributed by atoms with Gasteiger partial charge in [-0.2, -0.15) is 0 Å². The van der Waals surface area contributed by atoms with Gasteiger partial charge in [0.15, 0.2) is 5.16 Å². The van der Waals surface area contributed by atoms with Gasteiger partial charge in [-0.1, -0.05) is 51.7 Å². The van der Waals surface area contributed by atoms with Gasteiger partial charge in [-0.05, 0) is 49.2 Å². The third-order valence-corrected chi connectivity index (χ3v) is 4.45. The van der Waals surface area contributed by atoms with Crippen LogP contribution in [0.3, 0.4) is 0 Å². The molecule has 0 fully saturated rings. The van der Waals surface area contributed by atoms with Crippen molar-refractivity contribution < 1.29 is 9.47 Å². The molecule has 0 radical (unpaired) electrons. The molecule has 1 aromatic heterocycles. The van der Waals surface area contributed by atoms with Crippen LogP contribution < -0.4 is 9.47 Å². The van der Waals surface area contributed by atoms with Crippen molar-refractivity contribution in [3.05, 3.63) is 48.5 Å². The standard InChI is InChI=1S/C16H26O2.C7H6N2S/c1-3-5-7-13-17-15-9-11-16(12-10-15)18-14-8-6-4-2;10-7-8-5-3-1-2-4-6(5)9-7/h9-12H,3-8,13-14H2,1-2H3;1-4H,(H2,8,9,10). The topological polar surface area (TPSA) is 47.1 Å². The van der Waals surface area contributed by atoms with Crippen LogP contribution in [0.15, 0.2) is 53.7 Å². The maximum atomic E-state index is 5.65. The highest BCUT2D eigenvalue weighted by molar-refractivity contribution is 7.80. The number of unbranched alkanes of at least 4 members (excludes halogenated alkanes) is 4. The fourth-order valence-corrected chi connectivity index (χ4v) is 2.88. The number of hydrogen-bond donors (Lipinski definition) is 2. The Hall–Kier alpha value is -2.14. The third-order valence-electron chi connectivity index (χ3n) is 4.23.